The summed E-state index contributed by atoms with van der Waals surface area (Å²) in [5.41, 5.74) is 0. The zero-order chi connectivity index (χ0) is 15.1. The van der Waals surface area contributed by atoms with Crippen molar-refractivity contribution >= 4 is 6.09 Å². The maximum Gasteiger partial charge on any atom is 0.404 e. The highest BCUT2D eigenvalue weighted by Crippen LogP contribution is 2.28. The summed E-state index contributed by atoms with van der Waals surface area (Å²) in [4.78, 5) is 13.6. The number of rotatable bonds is 6. The summed E-state index contributed by atoms with van der Waals surface area (Å²) in [6.45, 7) is 5.80. The quantitative estimate of drug-likeness (QED) is 0.785. The Morgan fingerprint density at radius 2 is 2.05 bits per heavy atom. The van der Waals surface area contributed by atoms with Crippen molar-refractivity contribution in [1.29, 1.82) is 0 Å². The summed E-state index contributed by atoms with van der Waals surface area (Å²) >= 11 is 0. The first-order valence-corrected chi connectivity index (χ1v) is 8.91. The van der Waals surface area contributed by atoms with Gasteiger partial charge in [-0.3, -0.25) is 0 Å². The number of piperidine rings is 1. The standard InChI is InChI=1S/C17H32N2O2/c1-2-3-7-14-8-6-11-19(12-14)13-15-9-4-5-10-16(15)18-17(20)21/h14-16,18H,2-13H2,1H3,(H,20,21). The lowest BCUT2D eigenvalue weighted by Gasteiger charge is -2.39. The van der Waals surface area contributed by atoms with Crippen LogP contribution in [0.3, 0.4) is 0 Å². The lowest BCUT2D eigenvalue weighted by atomic mass is 9.83. The van der Waals surface area contributed by atoms with Gasteiger partial charge in [0.05, 0.1) is 0 Å². The number of likely N-dealkylation sites (tertiary alicyclic amines) is 1. The molecule has 3 atom stereocenters. The van der Waals surface area contributed by atoms with Gasteiger partial charge >= 0.3 is 6.09 Å². The molecule has 1 amide bonds. The highest BCUT2D eigenvalue weighted by Gasteiger charge is 2.29. The number of nitrogens with zero attached hydrogens (tertiary/aromatic N) is 1. The second-order valence-corrected chi connectivity index (χ2v) is 7.01. The monoisotopic (exact) mass is 296 g/mol. The highest BCUT2D eigenvalue weighted by molar-refractivity contribution is 5.64. The van der Waals surface area contributed by atoms with Gasteiger partial charge in [-0.25, -0.2) is 4.79 Å². The summed E-state index contributed by atoms with van der Waals surface area (Å²) in [5.74, 6) is 1.38. The maximum atomic E-state index is 11.0. The molecule has 1 aliphatic carbocycles. The number of carboxylic acid groups (broad SMARTS) is 1. The van der Waals surface area contributed by atoms with E-state index in [9.17, 15) is 4.79 Å². The molecule has 4 heteroatoms. The smallest absolute Gasteiger partial charge is 0.404 e. The van der Waals surface area contributed by atoms with E-state index in [1.807, 2.05) is 0 Å². The van der Waals surface area contributed by atoms with Gasteiger partial charge in [0.2, 0.25) is 0 Å². The Balaban J connectivity index is 1.81. The third-order valence-corrected chi connectivity index (χ3v) is 5.28. The fourth-order valence-electron chi connectivity index (χ4n) is 4.15. The Labute approximate surface area is 129 Å². The summed E-state index contributed by atoms with van der Waals surface area (Å²) < 4.78 is 0. The topological polar surface area (TPSA) is 52.6 Å². The highest BCUT2D eigenvalue weighted by atomic mass is 16.4. The molecule has 1 aliphatic heterocycles. The Morgan fingerprint density at radius 3 is 2.81 bits per heavy atom. The Bertz CT molecular complexity index is 322. The van der Waals surface area contributed by atoms with Gasteiger partial charge in [0.15, 0.2) is 0 Å². The summed E-state index contributed by atoms with van der Waals surface area (Å²) in [5, 5.41) is 11.8. The molecule has 1 saturated heterocycles. The minimum atomic E-state index is -0.855. The molecular formula is C17H32N2O2. The van der Waals surface area contributed by atoms with Crippen LogP contribution in [0.5, 0.6) is 0 Å². The molecule has 21 heavy (non-hydrogen) atoms. The average Bonchev–Trinajstić information content (AvgIpc) is 2.47. The molecule has 1 saturated carbocycles. The van der Waals surface area contributed by atoms with Crippen LogP contribution in [0.15, 0.2) is 0 Å². The zero-order valence-corrected chi connectivity index (χ0v) is 13.5. The van der Waals surface area contributed by atoms with E-state index in [0.29, 0.717) is 5.92 Å². The molecule has 2 aliphatic rings. The minimum Gasteiger partial charge on any atom is -0.465 e. The van der Waals surface area contributed by atoms with Crippen molar-refractivity contribution in [3.8, 4) is 0 Å². The van der Waals surface area contributed by atoms with Gasteiger partial charge < -0.3 is 15.3 Å². The molecule has 2 fully saturated rings. The number of unbranched alkanes of at least 4 members (excludes halogenated alkanes) is 1. The molecule has 0 radical (unpaired) electrons. The first-order valence-electron chi connectivity index (χ1n) is 8.91. The van der Waals surface area contributed by atoms with E-state index in [4.69, 9.17) is 5.11 Å². The first kappa shape index (κ1) is 16.6. The molecule has 2 rings (SSSR count). The van der Waals surface area contributed by atoms with Crippen molar-refractivity contribution < 1.29 is 9.90 Å². The van der Waals surface area contributed by atoms with Gasteiger partial charge in [-0.1, -0.05) is 32.6 Å². The number of hydrogen-bond donors (Lipinski definition) is 2. The van der Waals surface area contributed by atoms with Crippen LogP contribution in [-0.2, 0) is 0 Å². The van der Waals surface area contributed by atoms with E-state index in [0.717, 1.165) is 18.9 Å². The molecule has 1 heterocycles. The lowest BCUT2D eigenvalue weighted by molar-refractivity contribution is 0.114. The Hall–Kier alpha value is -0.770. The maximum absolute atomic E-state index is 11.0. The Morgan fingerprint density at radius 1 is 1.24 bits per heavy atom. The number of hydrogen-bond acceptors (Lipinski definition) is 2. The number of nitrogens with one attached hydrogen (secondary N) is 1. The van der Waals surface area contributed by atoms with E-state index in [-0.39, 0.29) is 6.04 Å². The predicted molar refractivity (Wildman–Crippen MR) is 85.6 cm³/mol. The predicted octanol–water partition coefficient (Wildman–Crippen LogP) is 3.72. The first-order chi connectivity index (χ1) is 10.2. The number of amides is 1. The fourth-order valence-corrected chi connectivity index (χ4v) is 4.15. The van der Waals surface area contributed by atoms with Crippen LogP contribution < -0.4 is 5.32 Å². The van der Waals surface area contributed by atoms with Gasteiger partial charge in [-0.05, 0) is 50.5 Å². The SMILES string of the molecule is CCCCC1CCCN(CC2CCCCC2NC(=O)O)C1. The van der Waals surface area contributed by atoms with Crippen molar-refractivity contribution in [2.24, 2.45) is 11.8 Å². The fraction of sp³-hybridized carbons (Fsp3) is 0.941. The van der Waals surface area contributed by atoms with E-state index in [1.54, 1.807) is 0 Å². The van der Waals surface area contributed by atoms with Crippen LogP contribution in [0.25, 0.3) is 0 Å². The molecular weight excluding hydrogens is 264 g/mol. The van der Waals surface area contributed by atoms with Crippen LogP contribution in [0.1, 0.15) is 64.7 Å². The average molecular weight is 296 g/mol. The van der Waals surface area contributed by atoms with E-state index >= 15 is 0 Å². The van der Waals surface area contributed by atoms with Gasteiger partial charge in [0.25, 0.3) is 0 Å². The molecule has 0 bridgehead atoms. The van der Waals surface area contributed by atoms with Gasteiger partial charge in [-0.2, -0.15) is 0 Å². The van der Waals surface area contributed by atoms with Crippen molar-refractivity contribution in [3.63, 3.8) is 0 Å². The van der Waals surface area contributed by atoms with Crippen LogP contribution in [-0.4, -0.2) is 41.8 Å². The summed E-state index contributed by atoms with van der Waals surface area (Å²) in [6, 6.07) is 0.173. The van der Waals surface area contributed by atoms with E-state index in [1.165, 1.54) is 64.5 Å². The third kappa shape index (κ3) is 5.50. The van der Waals surface area contributed by atoms with Crippen molar-refractivity contribution in [2.75, 3.05) is 19.6 Å². The lowest BCUT2D eigenvalue weighted by Crippen LogP contribution is -2.47. The van der Waals surface area contributed by atoms with Crippen LogP contribution in [0.4, 0.5) is 4.79 Å². The Kier molecular flexibility index (Phi) is 6.81. The van der Waals surface area contributed by atoms with Crippen molar-refractivity contribution in [1.82, 2.24) is 10.2 Å². The minimum absolute atomic E-state index is 0.173. The summed E-state index contributed by atoms with van der Waals surface area (Å²) in [6.07, 6.45) is 10.5. The van der Waals surface area contributed by atoms with Crippen LogP contribution >= 0.6 is 0 Å². The molecule has 0 aromatic rings. The largest absolute Gasteiger partial charge is 0.465 e. The molecule has 0 aromatic carbocycles. The molecule has 122 valence electrons. The van der Waals surface area contributed by atoms with Crippen LogP contribution in [0, 0.1) is 11.8 Å². The number of carbonyl (C=O) groups is 1. The molecule has 0 aromatic heterocycles. The van der Waals surface area contributed by atoms with Gasteiger partial charge in [0.1, 0.15) is 0 Å². The second kappa shape index (κ2) is 8.62. The molecule has 0 spiro atoms. The van der Waals surface area contributed by atoms with Gasteiger partial charge in [0, 0.05) is 19.1 Å². The van der Waals surface area contributed by atoms with Crippen molar-refractivity contribution in [3.05, 3.63) is 0 Å². The van der Waals surface area contributed by atoms with E-state index in [2.05, 4.69) is 17.1 Å². The second-order valence-electron chi connectivity index (χ2n) is 7.01. The normalized spacial score (nSPS) is 31.0. The van der Waals surface area contributed by atoms with E-state index < -0.39 is 6.09 Å². The molecule has 3 unspecified atom stereocenters. The molecule has 2 N–H and O–H groups in total. The summed E-state index contributed by atoms with van der Waals surface area (Å²) in [7, 11) is 0. The van der Waals surface area contributed by atoms with Crippen molar-refractivity contribution in [2.45, 2.75) is 70.8 Å². The zero-order valence-electron chi connectivity index (χ0n) is 13.5. The third-order valence-electron chi connectivity index (χ3n) is 5.28. The van der Waals surface area contributed by atoms with Crippen LogP contribution in [0.2, 0.25) is 0 Å². The van der Waals surface area contributed by atoms with Gasteiger partial charge in [-0.15, -0.1) is 0 Å². The molecule has 4 nitrogen and oxygen atoms in total.